The van der Waals surface area contributed by atoms with Crippen LogP contribution in [0.1, 0.15) is 57.2 Å². The van der Waals surface area contributed by atoms with Gasteiger partial charge in [0.05, 0.1) is 5.60 Å². The third-order valence-corrected chi connectivity index (χ3v) is 4.34. The highest BCUT2D eigenvalue weighted by Crippen LogP contribution is 2.31. The number of nitrogens with one attached hydrogen (secondary N) is 1. The molecule has 3 heteroatoms. The SMILES string of the molecule is CCCNC(CCC(C)(C)OC)c1cccc(C)c1Cl. The van der Waals surface area contributed by atoms with Crippen LogP contribution in [0.3, 0.4) is 0 Å². The van der Waals surface area contributed by atoms with Crippen molar-refractivity contribution >= 4 is 11.6 Å². The van der Waals surface area contributed by atoms with Gasteiger partial charge in [-0.25, -0.2) is 0 Å². The monoisotopic (exact) mass is 297 g/mol. The van der Waals surface area contributed by atoms with Gasteiger partial charge in [-0.1, -0.05) is 36.7 Å². The first-order chi connectivity index (χ1) is 9.41. The Hall–Kier alpha value is -0.570. The van der Waals surface area contributed by atoms with Crippen molar-refractivity contribution in [1.29, 1.82) is 0 Å². The number of aryl methyl sites for hydroxylation is 1. The number of ether oxygens (including phenoxy) is 1. The lowest BCUT2D eigenvalue weighted by atomic mass is 9.94. The summed E-state index contributed by atoms with van der Waals surface area (Å²) < 4.78 is 5.52. The molecule has 1 unspecified atom stereocenters. The van der Waals surface area contributed by atoms with E-state index >= 15 is 0 Å². The quantitative estimate of drug-likeness (QED) is 0.737. The molecule has 0 aliphatic carbocycles. The van der Waals surface area contributed by atoms with Crippen molar-refractivity contribution in [3.05, 3.63) is 34.3 Å². The second kappa shape index (κ2) is 8.02. The summed E-state index contributed by atoms with van der Waals surface area (Å²) in [5, 5.41) is 4.50. The van der Waals surface area contributed by atoms with Crippen molar-refractivity contribution in [2.24, 2.45) is 0 Å². The summed E-state index contributed by atoms with van der Waals surface area (Å²) in [5.74, 6) is 0. The predicted octanol–water partition coefficient (Wildman–Crippen LogP) is 4.89. The Kier molecular flexibility index (Phi) is 7.01. The second-order valence-corrected chi connectivity index (χ2v) is 6.37. The molecule has 2 nitrogen and oxygen atoms in total. The zero-order chi connectivity index (χ0) is 15.2. The maximum atomic E-state index is 6.48. The topological polar surface area (TPSA) is 21.3 Å². The molecule has 0 fully saturated rings. The third-order valence-electron chi connectivity index (χ3n) is 3.83. The zero-order valence-electron chi connectivity index (χ0n) is 13.4. The van der Waals surface area contributed by atoms with E-state index in [4.69, 9.17) is 16.3 Å². The van der Waals surface area contributed by atoms with Gasteiger partial charge < -0.3 is 10.1 Å². The van der Waals surface area contributed by atoms with Crippen LogP contribution in [0.4, 0.5) is 0 Å². The second-order valence-electron chi connectivity index (χ2n) is 5.99. The molecule has 0 spiro atoms. The summed E-state index contributed by atoms with van der Waals surface area (Å²) in [6.07, 6.45) is 3.13. The minimum atomic E-state index is -0.0948. The van der Waals surface area contributed by atoms with E-state index in [9.17, 15) is 0 Å². The van der Waals surface area contributed by atoms with E-state index in [1.165, 1.54) is 5.56 Å². The molecule has 0 aromatic heterocycles. The fourth-order valence-electron chi connectivity index (χ4n) is 2.22. The summed E-state index contributed by atoms with van der Waals surface area (Å²) in [5.41, 5.74) is 2.24. The van der Waals surface area contributed by atoms with Crippen LogP contribution in [0.15, 0.2) is 18.2 Å². The molecule has 1 aromatic carbocycles. The molecule has 1 rings (SSSR count). The van der Waals surface area contributed by atoms with Gasteiger partial charge in [-0.05, 0) is 57.7 Å². The Bertz CT molecular complexity index is 417. The molecule has 1 atom stereocenters. The van der Waals surface area contributed by atoms with Gasteiger partial charge in [-0.2, -0.15) is 0 Å². The highest BCUT2D eigenvalue weighted by Gasteiger charge is 2.21. The van der Waals surface area contributed by atoms with Gasteiger partial charge in [-0.3, -0.25) is 0 Å². The lowest BCUT2D eigenvalue weighted by Crippen LogP contribution is -2.28. The first-order valence-corrected chi connectivity index (χ1v) is 7.82. The number of benzene rings is 1. The van der Waals surface area contributed by atoms with E-state index in [1.54, 1.807) is 7.11 Å². The van der Waals surface area contributed by atoms with Crippen LogP contribution < -0.4 is 5.32 Å². The van der Waals surface area contributed by atoms with Crippen LogP contribution in [0.25, 0.3) is 0 Å². The molecule has 0 saturated heterocycles. The lowest BCUT2D eigenvalue weighted by Gasteiger charge is -2.27. The number of halogens is 1. The molecular weight excluding hydrogens is 270 g/mol. The Labute approximate surface area is 128 Å². The van der Waals surface area contributed by atoms with Crippen LogP contribution in [0, 0.1) is 6.92 Å². The smallest absolute Gasteiger partial charge is 0.0623 e. The van der Waals surface area contributed by atoms with Crippen LogP contribution in [0.5, 0.6) is 0 Å². The molecule has 0 amide bonds. The Morgan fingerprint density at radius 3 is 2.65 bits per heavy atom. The fraction of sp³-hybridized carbons (Fsp3) is 0.647. The van der Waals surface area contributed by atoms with E-state index in [1.807, 2.05) is 0 Å². The average Bonchev–Trinajstić information content (AvgIpc) is 2.43. The molecule has 0 bridgehead atoms. The third kappa shape index (κ3) is 5.08. The highest BCUT2D eigenvalue weighted by molar-refractivity contribution is 6.32. The lowest BCUT2D eigenvalue weighted by molar-refractivity contribution is 0.0117. The predicted molar refractivity (Wildman–Crippen MR) is 87.5 cm³/mol. The van der Waals surface area contributed by atoms with E-state index < -0.39 is 0 Å². The fourth-order valence-corrected chi connectivity index (χ4v) is 2.48. The van der Waals surface area contributed by atoms with E-state index in [-0.39, 0.29) is 11.6 Å². The number of rotatable bonds is 8. The molecule has 0 aliphatic heterocycles. The molecule has 0 aliphatic rings. The maximum Gasteiger partial charge on any atom is 0.0623 e. The van der Waals surface area contributed by atoms with Gasteiger partial charge in [0.1, 0.15) is 0 Å². The standard InChI is InChI=1S/C17H28ClNO/c1-6-12-19-15(10-11-17(3,4)20-5)14-9-7-8-13(2)16(14)18/h7-9,15,19H,6,10-12H2,1-5H3. The molecule has 0 radical (unpaired) electrons. The summed E-state index contributed by atoms with van der Waals surface area (Å²) >= 11 is 6.48. The largest absolute Gasteiger partial charge is 0.379 e. The summed E-state index contributed by atoms with van der Waals surface area (Å²) in [4.78, 5) is 0. The summed E-state index contributed by atoms with van der Waals surface area (Å²) in [6.45, 7) is 9.49. The summed E-state index contributed by atoms with van der Waals surface area (Å²) in [7, 11) is 1.77. The van der Waals surface area contributed by atoms with Crippen LogP contribution in [0.2, 0.25) is 5.02 Å². The maximum absolute atomic E-state index is 6.48. The molecule has 0 saturated carbocycles. The Balaban J connectivity index is 2.86. The van der Waals surface area contributed by atoms with E-state index in [2.05, 4.69) is 51.2 Å². The first kappa shape index (κ1) is 17.5. The minimum Gasteiger partial charge on any atom is -0.379 e. The van der Waals surface area contributed by atoms with Gasteiger partial charge in [0.25, 0.3) is 0 Å². The Morgan fingerprint density at radius 2 is 2.05 bits per heavy atom. The van der Waals surface area contributed by atoms with Crippen LogP contribution in [-0.4, -0.2) is 19.3 Å². The number of methoxy groups -OCH3 is 1. The first-order valence-electron chi connectivity index (χ1n) is 7.45. The molecule has 1 N–H and O–H groups in total. The van der Waals surface area contributed by atoms with Gasteiger partial charge >= 0.3 is 0 Å². The number of hydrogen-bond acceptors (Lipinski definition) is 2. The van der Waals surface area contributed by atoms with Crippen molar-refractivity contribution in [2.45, 2.75) is 58.6 Å². The van der Waals surface area contributed by atoms with Crippen LogP contribution >= 0.6 is 11.6 Å². The van der Waals surface area contributed by atoms with Crippen LogP contribution in [-0.2, 0) is 4.74 Å². The van der Waals surface area contributed by atoms with E-state index in [0.717, 1.165) is 36.4 Å². The average molecular weight is 298 g/mol. The molecule has 114 valence electrons. The van der Waals surface area contributed by atoms with Gasteiger partial charge in [-0.15, -0.1) is 0 Å². The van der Waals surface area contributed by atoms with Gasteiger partial charge in [0.15, 0.2) is 0 Å². The number of hydrogen-bond donors (Lipinski definition) is 1. The normalized spacial score (nSPS) is 13.5. The highest BCUT2D eigenvalue weighted by atomic mass is 35.5. The van der Waals surface area contributed by atoms with Crippen molar-refractivity contribution in [3.8, 4) is 0 Å². The Morgan fingerprint density at radius 1 is 1.35 bits per heavy atom. The van der Waals surface area contributed by atoms with Crippen molar-refractivity contribution in [2.75, 3.05) is 13.7 Å². The van der Waals surface area contributed by atoms with E-state index in [0.29, 0.717) is 0 Å². The van der Waals surface area contributed by atoms with Crippen molar-refractivity contribution < 1.29 is 4.74 Å². The van der Waals surface area contributed by atoms with Crippen molar-refractivity contribution in [1.82, 2.24) is 5.32 Å². The van der Waals surface area contributed by atoms with Crippen molar-refractivity contribution in [3.63, 3.8) is 0 Å². The van der Waals surface area contributed by atoms with Gasteiger partial charge in [0, 0.05) is 18.2 Å². The molecular formula is C17H28ClNO. The minimum absolute atomic E-state index is 0.0948. The van der Waals surface area contributed by atoms with Gasteiger partial charge in [0.2, 0.25) is 0 Å². The molecule has 0 heterocycles. The molecule has 20 heavy (non-hydrogen) atoms. The zero-order valence-corrected chi connectivity index (χ0v) is 14.2. The summed E-state index contributed by atoms with van der Waals surface area (Å²) in [6, 6.07) is 6.56. The molecule has 1 aromatic rings.